The molecule has 0 bridgehead atoms. The van der Waals surface area contributed by atoms with Crippen molar-refractivity contribution in [1.29, 1.82) is 0 Å². The lowest BCUT2D eigenvalue weighted by Crippen LogP contribution is -2.52. The van der Waals surface area contributed by atoms with Gasteiger partial charge in [0.2, 0.25) is 0 Å². The van der Waals surface area contributed by atoms with Crippen LogP contribution < -0.4 is 0 Å². The number of allylic oxidation sites excluding steroid dienone is 2. The highest BCUT2D eigenvalue weighted by Crippen LogP contribution is 2.45. The van der Waals surface area contributed by atoms with Crippen molar-refractivity contribution in [2.24, 2.45) is 70.0 Å². The van der Waals surface area contributed by atoms with Crippen molar-refractivity contribution >= 4 is 41.2 Å². The average molecular weight is 1290 g/mol. The fraction of sp³-hybridized carbons (Fsp3) is 0.658. The van der Waals surface area contributed by atoms with Gasteiger partial charge in [-0.2, -0.15) is 0 Å². The molecular weight excluding hydrogens is 1180 g/mol. The van der Waals surface area contributed by atoms with Gasteiger partial charge in [-0.3, -0.25) is 28.8 Å². The van der Waals surface area contributed by atoms with Crippen LogP contribution in [0.15, 0.2) is 103 Å². The molecule has 0 spiro atoms. The lowest BCUT2D eigenvalue weighted by atomic mass is 9.70. The van der Waals surface area contributed by atoms with E-state index in [0.717, 1.165) is 24.0 Å². The molecule has 7 rings (SSSR count). The largest absolute Gasteiger partial charge is 0.458 e. The van der Waals surface area contributed by atoms with E-state index >= 15 is 0 Å². The Morgan fingerprint density at radius 3 is 1.41 bits per heavy atom. The molecule has 2 unspecified atom stereocenters. The minimum atomic E-state index is -1.65. The molecule has 2 aromatic carbocycles. The number of hydrogen-bond donors (Lipinski definition) is 1. The van der Waals surface area contributed by atoms with Crippen LogP contribution in [-0.4, -0.2) is 116 Å². The summed E-state index contributed by atoms with van der Waals surface area (Å²) in [5.41, 5.74) is -2.14. The first-order chi connectivity index (χ1) is 43.5. The van der Waals surface area contributed by atoms with Gasteiger partial charge in [0.25, 0.3) is 0 Å². The molecule has 0 radical (unpaired) electrons. The van der Waals surface area contributed by atoms with E-state index in [0.29, 0.717) is 42.2 Å². The lowest BCUT2D eigenvalue weighted by molar-refractivity contribution is -0.267. The normalized spacial score (nSPS) is 37.2. The summed E-state index contributed by atoms with van der Waals surface area (Å²) in [5.74, 6) is -5.91. The van der Waals surface area contributed by atoms with Crippen LogP contribution in [0.1, 0.15) is 188 Å². The van der Waals surface area contributed by atoms with Gasteiger partial charge < -0.3 is 38.3 Å². The number of benzene rings is 2. The van der Waals surface area contributed by atoms with Crippen LogP contribution in [0, 0.1) is 70.0 Å². The first kappa shape index (κ1) is 76.0. The van der Waals surface area contributed by atoms with Gasteiger partial charge in [-0.15, -0.1) is 0 Å². The fourth-order valence-electron chi connectivity index (χ4n) is 15.0. The standard InChI is InChI=1S/C40H56N2O8.C36H54O7/c1-11-32-40(22-31-15-13-12-14-16-31,50-38(46)42-18-17-41-23-42)21-26(4)33(43)25(3)20-39(9,10)35(29(7)34(44)30(8)36(45)48-32)49-37-28(6)24(2)19-27(5)47-37;1-11-29-36(40,20-28-15-13-12-14-16-28)19-23(4)30(37)22(3)18-35(9,10)32(26(7)31(38)27(8)33(39)42-29)43-34-25(6)21(2)17-24(5)41-34/h12-18,21,23-25,27-30,32,35,37H,11,19-20,22H2,1-10H3;12-16,19,21-22,24-27,29,32,34,40H,11,17-18,20H2,1-10H3/b26-21+;23-19+/t24-,25+,27+,28+,29-,30+,32+,35+,37?,40+;21-,22+,24+,25+,26-,27+,29+,32+,34?,36+/m00/s1. The second-order valence-electron chi connectivity index (χ2n) is 29.6. The van der Waals surface area contributed by atoms with Crippen molar-refractivity contribution in [3.8, 4) is 0 Å². The fourth-order valence-corrected chi connectivity index (χ4v) is 15.0. The van der Waals surface area contributed by atoms with E-state index in [9.17, 15) is 38.7 Å². The van der Waals surface area contributed by atoms with Crippen molar-refractivity contribution in [3.05, 3.63) is 114 Å². The third-order valence-electron chi connectivity index (χ3n) is 20.5. The molecule has 17 heteroatoms. The van der Waals surface area contributed by atoms with Gasteiger partial charge in [-0.25, -0.2) is 14.3 Å². The third kappa shape index (κ3) is 18.7. The zero-order chi connectivity index (χ0) is 69.2. The summed E-state index contributed by atoms with van der Waals surface area (Å²) in [4.78, 5) is 101. The third-order valence-corrected chi connectivity index (χ3v) is 20.5. The van der Waals surface area contributed by atoms with Crippen molar-refractivity contribution < 1.29 is 71.8 Å². The van der Waals surface area contributed by atoms with Crippen molar-refractivity contribution in [2.45, 2.75) is 250 Å². The van der Waals surface area contributed by atoms with Gasteiger partial charge in [0.1, 0.15) is 36.0 Å². The minimum absolute atomic E-state index is 0.00831. The number of ketones is 4. The zero-order valence-corrected chi connectivity index (χ0v) is 59.3. The van der Waals surface area contributed by atoms with Crippen LogP contribution in [0.2, 0.25) is 0 Å². The number of Topliss-reactive ketones (excluding diaryl/α,β-unsaturated/α-hetero) is 4. The van der Waals surface area contributed by atoms with E-state index in [1.165, 1.54) is 23.3 Å². The van der Waals surface area contributed by atoms with Crippen LogP contribution in [0.5, 0.6) is 0 Å². The molecule has 17 nitrogen and oxygen atoms in total. The van der Waals surface area contributed by atoms with Crippen LogP contribution in [0.25, 0.3) is 0 Å². The Hall–Kier alpha value is -5.98. The number of nitrogens with zero attached hydrogens (tertiary/aromatic N) is 2. The second-order valence-corrected chi connectivity index (χ2v) is 29.6. The van der Waals surface area contributed by atoms with Crippen LogP contribution in [-0.2, 0) is 74.8 Å². The van der Waals surface area contributed by atoms with Crippen molar-refractivity contribution in [1.82, 2.24) is 9.55 Å². The number of hydrogen-bond acceptors (Lipinski definition) is 16. The highest BCUT2D eigenvalue weighted by atomic mass is 16.7. The molecule has 20 atom stereocenters. The number of aliphatic hydroxyl groups is 1. The van der Waals surface area contributed by atoms with Gasteiger partial charge in [0, 0.05) is 60.7 Å². The minimum Gasteiger partial charge on any atom is -0.458 e. The van der Waals surface area contributed by atoms with Crippen LogP contribution >= 0.6 is 0 Å². The molecule has 0 aliphatic carbocycles. The Morgan fingerprint density at radius 2 is 1.00 bits per heavy atom. The predicted octanol–water partition coefficient (Wildman–Crippen LogP) is 13.9. The number of aromatic nitrogens is 2. The summed E-state index contributed by atoms with van der Waals surface area (Å²) in [6.07, 6.45) is 5.81. The number of cyclic esters (lactones) is 2. The highest BCUT2D eigenvalue weighted by molar-refractivity contribution is 6.01. The first-order valence-electron chi connectivity index (χ1n) is 34.1. The molecule has 93 heavy (non-hydrogen) atoms. The van der Waals surface area contributed by atoms with E-state index < -0.39 is 113 Å². The molecule has 4 aliphatic heterocycles. The maximum atomic E-state index is 14.3. The number of esters is 2. The monoisotopic (exact) mass is 1290 g/mol. The number of ether oxygens (including phenoxy) is 7. The Labute approximate surface area is 554 Å². The molecule has 4 aliphatic rings. The molecule has 0 amide bonds. The molecule has 3 aromatic rings. The molecule has 2 saturated heterocycles. The van der Waals surface area contributed by atoms with Gasteiger partial charge in [0.05, 0.1) is 24.4 Å². The summed E-state index contributed by atoms with van der Waals surface area (Å²) >= 11 is 0. The van der Waals surface area contributed by atoms with Crippen molar-refractivity contribution in [3.63, 3.8) is 0 Å². The summed E-state index contributed by atoms with van der Waals surface area (Å²) < 4.78 is 45.6. The maximum absolute atomic E-state index is 14.3. The second kappa shape index (κ2) is 32.2. The number of imidazole rings is 1. The molecule has 514 valence electrons. The number of rotatable bonds is 11. The molecule has 5 heterocycles. The van der Waals surface area contributed by atoms with Gasteiger partial charge >= 0.3 is 18.0 Å². The summed E-state index contributed by atoms with van der Waals surface area (Å²) in [6, 6.07) is 18.8. The first-order valence-corrected chi connectivity index (χ1v) is 34.1. The Bertz CT molecular complexity index is 3080. The Balaban J connectivity index is 0.000000299. The van der Waals surface area contributed by atoms with Gasteiger partial charge in [-0.1, -0.05) is 158 Å². The zero-order valence-electron chi connectivity index (χ0n) is 59.3. The molecular formula is C76H110N2O15. The summed E-state index contributed by atoms with van der Waals surface area (Å²) in [5, 5.41) is 12.1. The quantitative estimate of drug-likeness (QED) is 0.107. The Morgan fingerprint density at radius 1 is 0.591 bits per heavy atom. The van der Waals surface area contributed by atoms with E-state index in [1.54, 1.807) is 53.7 Å². The van der Waals surface area contributed by atoms with E-state index in [-0.39, 0.29) is 66.4 Å². The van der Waals surface area contributed by atoms with E-state index in [1.807, 2.05) is 130 Å². The van der Waals surface area contributed by atoms with E-state index in [2.05, 4.69) is 32.7 Å². The topological polar surface area (TPSA) is 222 Å². The lowest BCUT2D eigenvalue weighted by Gasteiger charge is -2.45. The smallest absolute Gasteiger partial charge is 0.420 e. The summed E-state index contributed by atoms with van der Waals surface area (Å²) in [7, 11) is 0. The number of carbonyl (C=O) groups excluding carboxylic acids is 7. The molecule has 2 fully saturated rings. The average Bonchev–Trinajstić information content (AvgIpc) is 1.08. The van der Waals surface area contributed by atoms with Crippen LogP contribution in [0.4, 0.5) is 4.79 Å². The molecule has 1 N–H and O–H groups in total. The molecule has 1 aromatic heterocycles. The van der Waals surface area contributed by atoms with E-state index in [4.69, 9.17) is 33.2 Å². The predicted molar refractivity (Wildman–Crippen MR) is 356 cm³/mol. The SMILES string of the molecule is CC[C@H]1OC(=O)[C@H](C)C(=O)[C@H](C)[C@@H](OC2O[C@H](C)C[C@H](C)[C@H]2C)C(C)(C)C[C@@H](C)C(=O)/C(C)=C/[C@@]1(O)Cc1ccccc1.CC[C@H]1OC(=O)[C@H](C)C(=O)[C@H](C)[C@@H](OC2O[C@H](C)C[C@H](C)[C@H]2C)C(C)(C)C[C@@H](C)C(=O)/C(C)=C/[C@]1(Cc1ccccc1)OC(=O)n1ccnc1. The van der Waals surface area contributed by atoms with Crippen molar-refractivity contribution in [2.75, 3.05) is 0 Å². The summed E-state index contributed by atoms with van der Waals surface area (Å²) in [6.45, 7) is 38.1. The van der Waals surface area contributed by atoms with Crippen LogP contribution in [0.3, 0.4) is 0 Å². The Kier molecular flexibility index (Phi) is 26.3. The maximum Gasteiger partial charge on any atom is 0.420 e. The molecule has 0 saturated carbocycles. The highest BCUT2D eigenvalue weighted by Gasteiger charge is 2.51. The van der Waals surface area contributed by atoms with Gasteiger partial charge in [-0.05, 0) is 137 Å². The number of carbonyl (C=O) groups is 7. The van der Waals surface area contributed by atoms with Gasteiger partial charge in [0.15, 0.2) is 41.3 Å².